The van der Waals surface area contributed by atoms with E-state index < -0.39 is 0 Å². The number of ether oxygens (including phenoxy) is 1. The Morgan fingerprint density at radius 1 is 1.45 bits per heavy atom. The summed E-state index contributed by atoms with van der Waals surface area (Å²) in [5.74, 6) is 2.47. The van der Waals surface area contributed by atoms with Gasteiger partial charge in [-0.3, -0.25) is 4.99 Å². The molecule has 4 heteroatoms. The van der Waals surface area contributed by atoms with Gasteiger partial charge in [-0.1, -0.05) is 6.07 Å². The highest BCUT2D eigenvalue weighted by Crippen LogP contribution is 2.47. The van der Waals surface area contributed by atoms with Crippen molar-refractivity contribution in [1.82, 2.24) is 4.90 Å². The van der Waals surface area contributed by atoms with E-state index in [9.17, 15) is 0 Å². The van der Waals surface area contributed by atoms with Crippen molar-refractivity contribution in [2.24, 2.45) is 16.6 Å². The van der Waals surface area contributed by atoms with Crippen LogP contribution in [0.3, 0.4) is 0 Å². The smallest absolute Gasteiger partial charge is 0.192 e. The van der Waals surface area contributed by atoms with Crippen LogP contribution in [0.15, 0.2) is 23.2 Å². The van der Waals surface area contributed by atoms with Gasteiger partial charge in [0.15, 0.2) is 5.96 Å². The molecule has 4 nitrogen and oxygen atoms in total. The van der Waals surface area contributed by atoms with Gasteiger partial charge in [-0.25, -0.2) is 0 Å². The summed E-state index contributed by atoms with van der Waals surface area (Å²) in [7, 11) is 1.73. The number of hydrogen-bond donors (Lipinski definition) is 1. The topological polar surface area (TPSA) is 50.9 Å². The third kappa shape index (κ3) is 1.63. The van der Waals surface area contributed by atoms with Crippen molar-refractivity contribution in [2.75, 3.05) is 20.2 Å². The van der Waals surface area contributed by atoms with E-state index in [1.165, 1.54) is 24.0 Å². The van der Waals surface area contributed by atoms with Crippen LogP contribution in [0.2, 0.25) is 0 Å². The maximum Gasteiger partial charge on any atom is 0.192 e. The van der Waals surface area contributed by atoms with Crippen LogP contribution in [0.25, 0.3) is 0 Å². The van der Waals surface area contributed by atoms with Gasteiger partial charge in [0.05, 0.1) is 19.2 Å². The number of fused-ring (bicyclic) bond motifs is 2. The maximum absolute atomic E-state index is 6.18. The third-order valence-corrected chi connectivity index (χ3v) is 5.06. The van der Waals surface area contributed by atoms with E-state index in [0.29, 0.717) is 0 Å². The number of rotatable bonds is 3. The average molecular weight is 271 g/mol. The second kappa shape index (κ2) is 4.14. The van der Waals surface area contributed by atoms with Gasteiger partial charge >= 0.3 is 0 Å². The molecule has 0 bridgehead atoms. The van der Waals surface area contributed by atoms with Gasteiger partial charge in [0.25, 0.3) is 0 Å². The summed E-state index contributed by atoms with van der Waals surface area (Å²) in [4.78, 5) is 6.94. The molecule has 0 radical (unpaired) electrons. The second-order valence-corrected chi connectivity index (χ2v) is 6.28. The Morgan fingerprint density at radius 3 is 3.05 bits per heavy atom. The summed E-state index contributed by atoms with van der Waals surface area (Å²) in [6.07, 6.45) is 4.91. The first kappa shape index (κ1) is 12.1. The van der Waals surface area contributed by atoms with Crippen LogP contribution >= 0.6 is 0 Å². The zero-order valence-corrected chi connectivity index (χ0v) is 11.9. The number of methoxy groups -OCH3 is 1. The minimum Gasteiger partial charge on any atom is -0.497 e. The van der Waals surface area contributed by atoms with Crippen molar-refractivity contribution < 1.29 is 4.74 Å². The summed E-state index contributed by atoms with van der Waals surface area (Å²) < 4.78 is 5.41. The van der Waals surface area contributed by atoms with Crippen LogP contribution in [-0.4, -0.2) is 31.1 Å². The summed E-state index contributed by atoms with van der Waals surface area (Å²) in [5.41, 5.74) is 8.98. The van der Waals surface area contributed by atoms with Gasteiger partial charge in [0, 0.05) is 6.54 Å². The first-order chi connectivity index (χ1) is 9.73. The van der Waals surface area contributed by atoms with E-state index in [1.54, 1.807) is 7.11 Å². The molecule has 3 aliphatic rings. The van der Waals surface area contributed by atoms with Gasteiger partial charge in [-0.05, 0) is 54.9 Å². The van der Waals surface area contributed by atoms with E-state index in [1.807, 2.05) is 0 Å². The highest BCUT2D eigenvalue weighted by Gasteiger charge is 2.49. The molecule has 0 amide bonds. The molecule has 2 N–H and O–H groups in total. The quantitative estimate of drug-likeness (QED) is 0.913. The zero-order chi connectivity index (χ0) is 13.7. The molecule has 0 aromatic heterocycles. The Balaban J connectivity index is 1.75. The predicted molar refractivity (Wildman–Crippen MR) is 78.9 cm³/mol. The molecular formula is C16H21N3O. The van der Waals surface area contributed by atoms with Gasteiger partial charge in [-0.15, -0.1) is 0 Å². The van der Waals surface area contributed by atoms with E-state index in [4.69, 9.17) is 10.5 Å². The highest BCUT2D eigenvalue weighted by molar-refractivity contribution is 5.82. The second-order valence-electron chi connectivity index (χ2n) is 6.28. The van der Waals surface area contributed by atoms with E-state index in [0.717, 1.165) is 43.6 Å². The molecule has 1 atom stereocenters. The molecule has 1 aliphatic heterocycles. The van der Waals surface area contributed by atoms with Crippen LogP contribution in [0.1, 0.15) is 30.4 Å². The Morgan fingerprint density at radius 2 is 2.30 bits per heavy atom. The summed E-state index contributed by atoms with van der Waals surface area (Å²) in [6.45, 7) is 1.86. The number of aryl methyl sites for hydroxylation is 1. The van der Waals surface area contributed by atoms with Crippen LogP contribution in [0.5, 0.6) is 5.75 Å². The maximum atomic E-state index is 6.18. The number of benzene rings is 1. The minimum absolute atomic E-state index is 0.00343. The molecule has 1 fully saturated rings. The molecular weight excluding hydrogens is 250 g/mol. The summed E-state index contributed by atoms with van der Waals surface area (Å²) >= 11 is 0. The number of hydrogen-bond acceptors (Lipinski definition) is 4. The van der Waals surface area contributed by atoms with Crippen LogP contribution in [0.4, 0.5) is 0 Å². The van der Waals surface area contributed by atoms with Gasteiger partial charge in [0.2, 0.25) is 0 Å². The van der Waals surface area contributed by atoms with Gasteiger partial charge < -0.3 is 15.4 Å². The van der Waals surface area contributed by atoms with Crippen molar-refractivity contribution in [1.29, 1.82) is 0 Å². The molecule has 1 aromatic carbocycles. The lowest BCUT2D eigenvalue weighted by Crippen LogP contribution is -2.49. The zero-order valence-electron chi connectivity index (χ0n) is 11.9. The fourth-order valence-electron chi connectivity index (χ4n) is 3.68. The fourth-order valence-corrected chi connectivity index (χ4v) is 3.68. The van der Waals surface area contributed by atoms with Crippen LogP contribution in [0, 0.1) is 5.92 Å². The monoisotopic (exact) mass is 271 g/mol. The Kier molecular flexibility index (Phi) is 2.50. The summed E-state index contributed by atoms with van der Waals surface area (Å²) in [5, 5.41) is 0. The van der Waals surface area contributed by atoms with Crippen molar-refractivity contribution in [3.8, 4) is 5.75 Å². The fraction of sp³-hybridized carbons (Fsp3) is 0.562. The van der Waals surface area contributed by atoms with E-state index in [-0.39, 0.29) is 5.54 Å². The largest absolute Gasteiger partial charge is 0.497 e. The molecule has 1 unspecified atom stereocenters. The number of nitrogens with two attached hydrogens (primary N) is 1. The molecule has 1 heterocycles. The highest BCUT2D eigenvalue weighted by atomic mass is 16.5. The number of aliphatic imine (C=N–C) groups is 1. The van der Waals surface area contributed by atoms with E-state index >= 15 is 0 Å². The SMILES string of the molecule is COc1ccc2c(c1)C1(CC2)CN=C(N)N1CC1CC1. The molecule has 0 saturated heterocycles. The first-order valence-corrected chi connectivity index (χ1v) is 7.48. The molecule has 106 valence electrons. The van der Waals surface area contributed by atoms with Crippen molar-refractivity contribution >= 4 is 5.96 Å². The molecule has 20 heavy (non-hydrogen) atoms. The van der Waals surface area contributed by atoms with Gasteiger partial charge in [-0.2, -0.15) is 0 Å². The van der Waals surface area contributed by atoms with E-state index in [2.05, 4.69) is 28.1 Å². The molecule has 1 spiro atoms. The predicted octanol–water partition coefficient (Wildman–Crippen LogP) is 1.88. The van der Waals surface area contributed by atoms with Crippen molar-refractivity contribution in [3.05, 3.63) is 29.3 Å². The Labute approximate surface area is 119 Å². The average Bonchev–Trinajstić information content (AvgIpc) is 3.15. The molecule has 4 rings (SSSR count). The van der Waals surface area contributed by atoms with Crippen LogP contribution < -0.4 is 10.5 Å². The van der Waals surface area contributed by atoms with Crippen molar-refractivity contribution in [2.45, 2.75) is 31.2 Å². The minimum atomic E-state index is -0.00343. The molecule has 2 aliphatic carbocycles. The Bertz CT molecular complexity index is 579. The Hall–Kier alpha value is -1.71. The molecule has 1 aromatic rings. The summed E-state index contributed by atoms with van der Waals surface area (Å²) in [6, 6.07) is 6.45. The third-order valence-electron chi connectivity index (χ3n) is 5.06. The standard InChI is InChI=1S/C16H21N3O/c1-20-13-5-4-12-6-7-16(14(12)8-13)10-18-15(17)19(16)9-11-2-3-11/h4-5,8,11H,2-3,6-7,9-10H2,1H3,(H2,17,18). The lowest BCUT2D eigenvalue weighted by Gasteiger charge is -2.37. The van der Waals surface area contributed by atoms with Crippen molar-refractivity contribution in [3.63, 3.8) is 0 Å². The lowest BCUT2D eigenvalue weighted by atomic mass is 9.90. The normalized spacial score (nSPS) is 27.9. The first-order valence-electron chi connectivity index (χ1n) is 7.48. The van der Waals surface area contributed by atoms with Gasteiger partial charge in [0.1, 0.15) is 5.75 Å². The number of guanidine groups is 1. The van der Waals surface area contributed by atoms with Crippen LogP contribution in [-0.2, 0) is 12.0 Å². The lowest BCUT2D eigenvalue weighted by molar-refractivity contribution is 0.194. The number of nitrogens with zero attached hydrogens (tertiary/aromatic N) is 2. The molecule has 1 saturated carbocycles.